The van der Waals surface area contributed by atoms with Gasteiger partial charge in [-0.1, -0.05) is 12.1 Å². The molecule has 1 aromatic carbocycles. The average Bonchev–Trinajstić information content (AvgIpc) is 2.47. The monoisotopic (exact) mass is 306 g/mol. The highest BCUT2D eigenvalue weighted by Gasteiger charge is 2.26. The van der Waals surface area contributed by atoms with E-state index in [2.05, 4.69) is 10.6 Å². The zero-order valence-electron chi connectivity index (χ0n) is 12.6. The first-order valence-electron chi connectivity index (χ1n) is 7.54. The number of carboxylic acid groups (broad SMARTS) is 1. The molecule has 0 aromatic heterocycles. The second-order valence-electron chi connectivity index (χ2n) is 5.82. The summed E-state index contributed by atoms with van der Waals surface area (Å²) in [7, 11) is 0. The summed E-state index contributed by atoms with van der Waals surface area (Å²) in [6.07, 6.45) is 2.57. The van der Waals surface area contributed by atoms with Crippen LogP contribution in [0.4, 0.5) is 4.79 Å². The number of aliphatic carboxylic acids is 1. The second kappa shape index (κ2) is 7.15. The van der Waals surface area contributed by atoms with Gasteiger partial charge in [0.15, 0.2) is 0 Å². The fourth-order valence-electron chi connectivity index (χ4n) is 2.79. The van der Waals surface area contributed by atoms with E-state index in [9.17, 15) is 14.7 Å². The van der Waals surface area contributed by atoms with Gasteiger partial charge in [-0.15, -0.1) is 0 Å². The second-order valence-corrected chi connectivity index (χ2v) is 5.82. The van der Waals surface area contributed by atoms with E-state index in [1.807, 2.05) is 13.0 Å². The van der Waals surface area contributed by atoms with Crippen LogP contribution in [0.15, 0.2) is 24.3 Å². The van der Waals surface area contributed by atoms with Gasteiger partial charge in [0, 0.05) is 6.04 Å². The Balaban J connectivity index is 1.80. The number of carbonyl (C=O) groups excluding carboxylic acids is 1. The van der Waals surface area contributed by atoms with Crippen LogP contribution in [0.5, 0.6) is 5.75 Å². The van der Waals surface area contributed by atoms with Gasteiger partial charge in [-0.25, -0.2) is 4.79 Å². The number of amides is 2. The third-order valence-electron chi connectivity index (χ3n) is 4.13. The van der Waals surface area contributed by atoms with E-state index in [0.29, 0.717) is 25.7 Å². The van der Waals surface area contributed by atoms with Crippen molar-refractivity contribution in [2.45, 2.75) is 44.7 Å². The van der Waals surface area contributed by atoms with E-state index in [-0.39, 0.29) is 29.8 Å². The first-order chi connectivity index (χ1) is 10.5. The smallest absolute Gasteiger partial charge is 0.315 e. The van der Waals surface area contributed by atoms with Crippen molar-refractivity contribution in [3.63, 3.8) is 0 Å². The van der Waals surface area contributed by atoms with Gasteiger partial charge in [-0.05, 0) is 50.3 Å². The molecule has 22 heavy (non-hydrogen) atoms. The van der Waals surface area contributed by atoms with Crippen LogP contribution in [0.3, 0.4) is 0 Å². The maximum absolute atomic E-state index is 12.0. The third kappa shape index (κ3) is 4.38. The Labute approximate surface area is 129 Å². The standard InChI is InChI=1S/C16H22N2O4/c1-10(12-3-2-4-14(19)9-12)17-16(22)18-13-7-5-11(6-8-13)15(20)21/h2-4,9-11,13,19H,5-8H2,1H3,(H,20,21)(H2,17,18,22)/t10-,11?,13?/m0/s1. The van der Waals surface area contributed by atoms with Crippen LogP contribution in [0.2, 0.25) is 0 Å². The van der Waals surface area contributed by atoms with Gasteiger partial charge in [0.25, 0.3) is 0 Å². The normalized spacial score (nSPS) is 22.6. The molecule has 0 unspecified atom stereocenters. The molecule has 0 aliphatic heterocycles. The van der Waals surface area contributed by atoms with Crippen molar-refractivity contribution in [1.82, 2.24) is 10.6 Å². The van der Waals surface area contributed by atoms with Crippen LogP contribution in [-0.2, 0) is 4.79 Å². The van der Waals surface area contributed by atoms with Crippen LogP contribution < -0.4 is 10.6 Å². The lowest BCUT2D eigenvalue weighted by atomic mass is 9.86. The topological polar surface area (TPSA) is 98.7 Å². The van der Waals surface area contributed by atoms with Gasteiger partial charge in [-0.2, -0.15) is 0 Å². The zero-order valence-corrected chi connectivity index (χ0v) is 12.6. The van der Waals surface area contributed by atoms with E-state index < -0.39 is 5.97 Å². The maximum atomic E-state index is 12.0. The molecular formula is C16H22N2O4. The molecule has 6 heteroatoms. The highest BCUT2D eigenvalue weighted by molar-refractivity contribution is 5.75. The summed E-state index contributed by atoms with van der Waals surface area (Å²) >= 11 is 0. The van der Waals surface area contributed by atoms with Crippen molar-refractivity contribution in [2.24, 2.45) is 5.92 Å². The predicted octanol–water partition coefficient (Wildman–Crippen LogP) is 2.40. The molecule has 0 heterocycles. The molecule has 120 valence electrons. The summed E-state index contributed by atoms with van der Waals surface area (Å²) in [5.41, 5.74) is 0.824. The summed E-state index contributed by atoms with van der Waals surface area (Å²) < 4.78 is 0. The summed E-state index contributed by atoms with van der Waals surface area (Å²) in [5, 5.41) is 24.1. The Morgan fingerprint density at radius 3 is 2.50 bits per heavy atom. The number of rotatable bonds is 4. The molecule has 0 radical (unpaired) electrons. The van der Waals surface area contributed by atoms with Crippen LogP contribution in [0.1, 0.15) is 44.2 Å². The zero-order chi connectivity index (χ0) is 16.1. The van der Waals surface area contributed by atoms with Crippen LogP contribution in [0.25, 0.3) is 0 Å². The Bertz CT molecular complexity index is 539. The van der Waals surface area contributed by atoms with Crippen molar-refractivity contribution in [2.75, 3.05) is 0 Å². The highest BCUT2D eigenvalue weighted by atomic mass is 16.4. The minimum absolute atomic E-state index is 0.0203. The van der Waals surface area contributed by atoms with Gasteiger partial charge in [-0.3, -0.25) is 4.79 Å². The fraction of sp³-hybridized carbons (Fsp3) is 0.500. The molecule has 1 fully saturated rings. The minimum Gasteiger partial charge on any atom is -0.508 e. The molecule has 1 aliphatic carbocycles. The summed E-state index contributed by atoms with van der Waals surface area (Å²) in [5.74, 6) is -0.869. The number of benzene rings is 1. The highest BCUT2D eigenvalue weighted by Crippen LogP contribution is 2.24. The van der Waals surface area contributed by atoms with Crippen molar-refractivity contribution in [3.05, 3.63) is 29.8 Å². The quantitative estimate of drug-likeness (QED) is 0.686. The molecule has 1 aromatic rings. The Kier molecular flexibility index (Phi) is 5.25. The number of urea groups is 1. The largest absolute Gasteiger partial charge is 0.508 e. The molecule has 1 aliphatic rings. The number of phenolic OH excluding ortho intramolecular Hbond substituents is 1. The lowest BCUT2D eigenvalue weighted by Crippen LogP contribution is -2.44. The lowest BCUT2D eigenvalue weighted by Gasteiger charge is -2.27. The predicted molar refractivity (Wildman–Crippen MR) is 81.6 cm³/mol. The third-order valence-corrected chi connectivity index (χ3v) is 4.13. The maximum Gasteiger partial charge on any atom is 0.315 e. The number of carbonyl (C=O) groups is 2. The van der Waals surface area contributed by atoms with Crippen molar-refractivity contribution < 1.29 is 19.8 Å². The van der Waals surface area contributed by atoms with Crippen molar-refractivity contribution in [3.8, 4) is 5.75 Å². The summed E-state index contributed by atoms with van der Waals surface area (Å²) in [6, 6.07) is 6.29. The van der Waals surface area contributed by atoms with E-state index in [0.717, 1.165) is 5.56 Å². The first kappa shape index (κ1) is 16.1. The molecule has 0 saturated heterocycles. The molecular weight excluding hydrogens is 284 g/mol. The number of nitrogens with one attached hydrogen (secondary N) is 2. The SMILES string of the molecule is C[C@H](NC(=O)NC1CCC(C(=O)O)CC1)c1cccc(O)c1. The summed E-state index contributed by atoms with van der Waals surface area (Å²) in [4.78, 5) is 22.9. The molecule has 0 bridgehead atoms. The summed E-state index contributed by atoms with van der Waals surface area (Å²) in [6.45, 7) is 1.84. The number of aromatic hydroxyl groups is 1. The van der Waals surface area contributed by atoms with Gasteiger partial charge >= 0.3 is 12.0 Å². The van der Waals surface area contributed by atoms with Gasteiger partial charge < -0.3 is 20.8 Å². The van der Waals surface area contributed by atoms with Crippen LogP contribution in [0, 0.1) is 5.92 Å². The number of phenols is 1. The Morgan fingerprint density at radius 1 is 1.23 bits per heavy atom. The molecule has 2 amide bonds. The number of hydrogen-bond acceptors (Lipinski definition) is 3. The van der Waals surface area contributed by atoms with Crippen molar-refractivity contribution in [1.29, 1.82) is 0 Å². The van der Waals surface area contributed by atoms with E-state index in [1.165, 1.54) is 0 Å². The molecule has 1 atom stereocenters. The van der Waals surface area contributed by atoms with Gasteiger partial charge in [0.05, 0.1) is 12.0 Å². The van der Waals surface area contributed by atoms with E-state index in [4.69, 9.17) is 5.11 Å². The average molecular weight is 306 g/mol. The van der Waals surface area contributed by atoms with Gasteiger partial charge in [0.1, 0.15) is 5.75 Å². The van der Waals surface area contributed by atoms with E-state index >= 15 is 0 Å². The molecule has 4 N–H and O–H groups in total. The minimum atomic E-state index is -0.750. The Hall–Kier alpha value is -2.24. The van der Waals surface area contributed by atoms with Crippen molar-refractivity contribution >= 4 is 12.0 Å². The first-order valence-corrected chi connectivity index (χ1v) is 7.54. The van der Waals surface area contributed by atoms with E-state index in [1.54, 1.807) is 18.2 Å². The van der Waals surface area contributed by atoms with Crippen LogP contribution in [-0.4, -0.2) is 28.3 Å². The van der Waals surface area contributed by atoms with Crippen LogP contribution >= 0.6 is 0 Å². The van der Waals surface area contributed by atoms with Gasteiger partial charge in [0.2, 0.25) is 0 Å². The lowest BCUT2D eigenvalue weighted by molar-refractivity contribution is -0.142. The molecule has 1 saturated carbocycles. The Morgan fingerprint density at radius 2 is 1.91 bits per heavy atom. The fourth-order valence-corrected chi connectivity index (χ4v) is 2.79. The molecule has 2 rings (SSSR count). The number of hydrogen-bond donors (Lipinski definition) is 4. The molecule has 0 spiro atoms. The molecule has 6 nitrogen and oxygen atoms in total. The number of carboxylic acids is 1.